The Kier molecular flexibility index (Phi) is 12.5. The maximum Gasteiger partial charge on any atom is 0.416 e. The van der Waals surface area contributed by atoms with E-state index in [2.05, 4.69) is 41.8 Å². The number of aromatic carboxylic acids is 1. The number of nitrogens with zero attached hydrogens (tertiary/aromatic N) is 4. The minimum atomic E-state index is -4.64. The minimum absolute atomic E-state index is 0.00119. The summed E-state index contributed by atoms with van der Waals surface area (Å²) >= 11 is 6.15. The van der Waals surface area contributed by atoms with Crippen LogP contribution in [0.4, 0.5) is 35.1 Å². The number of fused-ring (bicyclic) bond motifs is 6. The van der Waals surface area contributed by atoms with E-state index >= 15 is 0 Å². The van der Waals surface area contributed by atoms with Crippen LogP contribution in [0, 0.1) is 11.6 Å². The fraction of sp³-hybridized carbons (Fsp3) is 0.220. The van der Waals surface area contributed by atoms with Gasteiger partial charge in [-0.1, -0.05) is 24.3 Å². The molecule has 2 unspecified atom stereocenters. The van der Waals surface area contributed by atoms with Crippen LogP contribution >= 0.6 is 31.9 Å². The predicted molar refractivity (Wildman–Crippen MR) is 211 cm³/mol. The molecule has 2 aromatic heterocycles. The van der Waals surface area contributed by atoms with Crippen molar-refractivity contribution < 1.29 is 74.2 Å². The molecule has 0 saturated heterocycles. The van der Waals surface area contributed by atoms with Crippen LogP contribution in [-0.2, 0) is 30.2 Å². The van der Waals surface area contributed by atoms with Crippen LogP contribution in [0.5, 0.6) is 11.5 Å². The first kappa shape index (κ1) is 45.2. The highest BCUT2D eigenvalue weighted by Crippen LogP contribution is 2.42. The molecule has 4 aromatic carbocycles. The fourth-order valence-electron chi connectivity index (χ4n) is 6.98. The first-order chi connectivity index (χ1) is 29.7. The molecule has 0 amide bonds. The number of ether oxygens (including phenoxy) is 3. The second-order valence-corrected chi connectivity index (χ2v) is 15.4. The number of benzene rings is 4. The first-order valence-electron chi connectivity index (χ1n) is 18.2. The maximum absolute atomic E-state index is 14.0. The van der Waals surface area contributed by atoms with Gasteiger partial charge in [0, 0.05) is 12.1 Å². The van der Waals surface area contributed by atoms with Gasteiger partial charge in [-0.25, -0.2) is 28.3 Å². The minimum Gasteiger partial charge on any atom is -0.491 e. The largest absolute Gasteiger partial charge is 0.491 e. The van der Waals surface area contributed by atoms with Gasteiger partial charge in [0.15, 0.2) is 11.4 Å². The van der Waals surface area contributed by atoms with Gasteiger partial charge in [0.05, 0.1) is 62.8 Å². The van der Waals surface area contributed by atoms with Crippen molar-refractivity contribution in [3.63, 3.8) is 0 Å². The van der Waals surface area contributed by atoms with Crippen LogP contribution in [0.3, 0.4) is 0 Å². The van der Waals surface area contributed by atoms with Gasteiger partial charge in [-0.05, 0) is 79.4 Å². The van der Waals surface area contributed by atoms with Gasteiger partial charge in [0.2, 0.25) is 0 Å². The first-order valence-corrected chi connectivity index (χ1v) is 19.8. The zero-order valence-electron chi connectivity index (χ0n) is 31.9. The third-order valence-corrected chi connectivity index (χ3v) is 11.1. The molecule has 2 atom stereocenters. The predicted octanol–water partition coefficient (Wildman–Crippen LogP) is 9.37. The molecule has 330 valence electrons. The van der Waals surface area contributed by atoms with Gasteiger partial charge in [0.1, 0.15) is 60.2 Å². The van der Waals surface area contributed by atoms with Crippen molar-refractivity contribution in [3.8, 4) is 34.3 Å². The average Bonchev–Trinajstić information content (AvgIpc) is 3.70. The van der Waals surface area contributed by atoms with Crippen molar-refractivity contribution >= 4 is 43.8 Å². The number of methoxy groups -OCH3 is 1. The summed E-state index contributed by atoms with van der Waals surface area (Å²) in [5.74, 6) is -2.94. The lowest BCUT2D eigenvalue weighted by molar-refractivity contribution is -0.138. The fourth-order valence-corrected chi connectivity index (χ4v) is 7.67. The lowest BCUT2D eigenvalue weighted by Gasteiger charge is -2.17. The molecule has 0 spiro atoms. The van der Waals surface area contributed by atoms with Crippen molar-refractivity contribution in [3.05, 3.63) is 138 Å². The summed E-state index contributed by atoms with van der Waals surface area (Å²) in [5, 5.41) is 31.6. The highest BCUT2D eigenvalue weighted by Gasteiger charge is 2.36. The Morgan fingerprint density at radius 3 is 1.51 bits per heavy atom. The van der Waals surface area contributed by atoms with Crippen molar-refractivity contribution in [1.82, 2.24) is 19.1 Å². The summed E-state index contributed by atoms with van der Waals surface area (Å²) in [5.41, 5.74) is -2.58. The second kappa shape index (κ2) is 17.4. The van der Waals surface area contributed by atoms with Crippen LogP contribution < -0.4 is 9.47 Å². The van der Waals surface area contributed by atoms with Crippen molar-refractivity contribution in [2.75, 3.05) is 20.3 Å². The van der Waals surface area contributed by atoms with Crippen molar-refractivity contribution in [2.24, 2.45) is 0 Å². The lowest BCUT2D eigenvalue weighted by atomic mass is 10.0. The molecule has 0 saturated carbocycles. The normalized spacial score (nSPS) is 14.2. The Hall–Kier alpha value is -5.84. The van der Waals surface area contributed by atoms with E-state index in [4.69, 9.17) is 14.2 Å². The Balaban J connectivity index is 0.000000189. The summed E-state index contributed by atoms with van der Waals surface area (Å²) in [6, 6.07) is 13.2. The quantitative estimate of drug-likeness (QED) is 0.109. The highest BCUT2D eigenvalue weighted by molar-refractivity contribution is 9.10. The second-order valence-electron chi connectivity index (χ2n) is 13.7. The zero-order valence-corrected chi connectivity index (χ0v) is 35.0. The number of halogens is 10. The van der Waals surface area contributed by atoms with E-state index in [1.807, 2.05) is 0 Å². The molecule has 6 aromatic rings. The summed E-state index contributed by atoms with van der Waals surface area (Å²) in [4.78, 5) is 32.7. The standard InChI is InChI=1S/C21H15BrF4N2O4.C20H13BrF4N2O4/c1-31-20(30)16-17(18(29)10-3-2-4-11(7-10)21(24,25)26)28-5-6-32-15-9-14(23)13(22)8-12(15)19(28)27-16;21-12-7-11-14(8-13(12)22)31-5-4-27-16(15(19(29)30)26-18(11)27)17(28)9-2-1-3-10(6-9)20(23,24)25/h2-4,7-9,18,29H,5-6H2,1H3;1-3,6-8,17,28H,4-5H2,(H,29,30). The van der Waals surface area contributed by atoms with E-state index < -0.39 is 65.0 Å². The lowest BCUT2D eigenvalue weighted by Crippen LogP contribution is -2.17. The number of aliphatic hydroxyl groups excluding tert-OH is 2. The van der Waals surface area contributed by atoms with Gasteiger partial charge in [0.25, 0.3) is 0 Å². The van der Waals surface area contributed by atoms with E-state index in [9.17, 15) is 60.0 Å². The summed E-state index contributed by atoms with van der Waals surface area (Å²) < 4.78 is 126. The number of esters is 1. The SMILES string of the molecule is COC(=O)c1nc2n(c1C(O)c1cccc(C(F)(F)F)c1)CCOc1cc(F)c(Br)cc1-2.O=C(O)c1nc2n(c1C(O)c1cccc(C(F)(F)F)c1)CCOc1cc(F)c(Br)cc1-2. The third-order valence-electron chi connectivity index (χ3n) is 9.84. The molecule has 22 heteroatoms. The number of rotatable bonds is 6. The molecule has 0 bridgehead atoms. The number of alkyl halides is 6. The summed E-state index contributed by atoms with van der Waals surface area (Å²) in [7, 11) is 1.12. The topological polar surface area (TPSA) is 158 Å². The molecular formula is C41H28Br2F8N4O8. The van der Waals surface area contributed by atoms with Crippen LogP contribution in [0.1, 0.15) is 66.8 Å². The van der Waals surface area contributed by atoms with E-state index in [0.717, 1.165) is 55.6 Å². The Bertz CT molecular complexity index is 2770. The van der Waals surface area contributed by atoms with Crippen LogP contribution in [0.25, 0.3) is 22.8 Å². The number of aliphatic hydroxyl groups is 2. The smallest absolute Gasteiger partial charge is 0.416 e. The molecule has 8 rings (SSSR count). The number of hydrogen-bond acceptors (Lipinski definition) is 9. The number of carboxylic acids is 1. The molecule has 63 heavy (non-hydrogen) atoms. The summed E-state index contributed by atoms with van der Waals surface area (Å²) in [6.07, 6.45) is -12.6. The number of carbonyl (C=O) groups is 2. The van der Waals surface area contributed by atoms with Crippen LogP contribution in [0.15, 0.2) is 81.7 Å². The van der Waals surface area contributed by atoms with E-state index in [0.29, 0.717) is 5.56 Å². The van der Waals surface area contributed by atoms with Crippen molar-refractivity contribution in [2.45, 2.75) is 37.7 Å². The number of imidazole rings is 2. The van der Waals surface area contributed by atoms with Gasteiger partial charge in [-0.2, -0.15) is 26.3 Å². The van der Waals surface area contributed by atoms with Crippen LogP contribution in [-0.4, -0.2) is 66.7 Å². The Morgan fingerprint density at radius 1 is 0.698 bits per heavy atom. The molecule has 3 N–H and O–H groups in total. The Morgan fingerprint density at radius 2 is 1.11 bits per heavy atom. The molecule has 12 nitrogen and oxygen atoms in total. The average molecular weight is 1020 g/mol. The Labute approximate surface area is 366 Å². The van der Waals surface area contributed by atoms with Gasteiger partial charge in [-0.15, -0.1) is 0 Å². The maximum atomic E-state index is 14.0. The van der Waals surface area contributed by atoms with Gasteiger partial charge in [-0.3, -0.25) is 0 Å². The number of carboxylic acid groups (broad SMARTS) is 1. The highest BCUT2D eigenvalue weighted by atomic mass is 79.9. The molecular weight excluding hydrogens is 988 g/mol. The molecule has 2 aliphatic rings. The number of aromatic nitrogens is 4. The van der Waals surface area contributed by atoms with E-state index in [1.165, 1.54) is 33.4 Å². The summed E-state index contributed by atoms with van der Waals surface area (Å²) in [6.45, 7) is 0.173. The van der Waals surface area contributed by atoms with E-state index in [-0.39, 0.29) is 92.2 Å². The third kappa shape index (κ3) is 8.89. The monoisotopic (exact) mass is 1010 g/mol. The molecule has 2 aliphatic heterocycles. The number of hydrogen-bond donors (Lipinski definition) is 3. The van der Waals surface area contributed by atoms with Gasteiger partial charge < -0.3 is 38.7 Å². The molecule has 0 aliphatic carbocycles. The number of carbonyl (C=O) groups excluding carboxylic acids is 1. The van der Waals surface area contributed by atoms with Crippen LogP contribution in [0.2, 0.25) is 0 Å². The van der Waals surface area contributed by atoms with E-state index in [1.54, 1.807) is 0 Å². The zero-order chi connectivity index (χ0) is 45.7. The molecule has 0 fully saturated rings. The van der Waals surface area contributed by atoms with Crippen molar-refractivity contribution in [1.29, 1.82) is 0 Å². The molecule has 0 radical (unpaired) electrons. The molecule has 4 heterocycles. The van der Waals surface area contributed by atoms with Gasteiger partial charge >= 0.3 is 24.3 Å².